The van der Waals surface area contributed by atoms with Crippen molar-refractivity contribution in [1.82, 2.24) is 9.97 Å². The summed E-state index contributed by atoms with van der Waals surface area (Å²) in [5, 5.41) is 0. The highest BCUT2D eigenvalue weighted by Crippen LogP contribution is 2.27. The Morgan fingerprint density at radius 2 is 1.77 bits per heavy atom. The molecular weight excluding hydrogens is 249 g/mol. The summed E-state index contributed by atoms with van der Waals surface area (Å²) in [6.07, 6.45) is -2.14. The van der Waals surface area contributed by atoms with Crippen molar-refractivity contribution in [2.75, 3.05) is 0 Å². The van der Waals surface area contributed by atoms with Crippen molar-refractivity contribution in [3.63, 3.8) is 0 Å². The lowest BCUT2D eigenvalue weighted by molar-refractivity contribution is -0.145. The number of alkyl halides is 4. The number of hydrogen-bond donors (Lipinski definition) is 0. The normalized spacial score (nSPS) is 14.2. The smallest absolute Gasteiger partial charge is 0.233 e. The molecular formula is C7H6BrF3N2. The molecule has 72 valence electrons. The van der Waals surface area contributed by atoms with E-state index in [1.165, 1.54) is 0 Å². The minimum atomic E-state index is -4.46. The van der Waals surface area contributed by atoms with Crippen molar-refractivity contribution in [2.45, 2.75) is 17.9 Å². The molecule has 0 aliphatic heterocycles. The van der Waals surface area contributed by atoms with Crippen LogP contribution in [0.3, 0.4) is 0 Å². The quantitative estimate of drug-likeness (QED) is 0.721. The summed E-state index contributed by atoms with van der Waals surface area (Å²) < 4.78 is 36.0. The largest absolute Gasteiger partial charge is 0.451 e. The predicted octanol–water partition coefficient (Wildman–Crippen LogP) is 2.95. The Kier molecular flexibility index (Phi) is 2.90. The molecule has 1 aromatic heterocycles. The number of nitrogens with zero attached hydrogens (tertiary/aromatic N) is 2. The predicted molar refractivity (Wildman–Crippen MR) is 44.4 cm³/mol. The molecule has 0 aliphatic rings. The van der Waals surface area contributed by atoms with Gasteiger partial charge in [-0.1, -0.05) is 15.9 Å². The fraction of sp³-hybridized carbons (Fsp3) is 0.429. The van der Waals surface area contributed by atoms with Crippen molar-refractivity contribution in [2.24, 2.45) is 0 Å². The average molecular weight is 255 g/mol. The fourth-order valence-corrected chi connectivity index (χ4v) is 0.926. The van der Waals surface area contributed by atoms with E-state index >= 15 is 0 Å². The van der Waals surface area contributed by atoms with Crippen LogP contribution in [0.2, 0.25) is 0 Å². The summed E-state index contributed by atoms with van der Waals surface area (Å²) in [7, 11) is 0. The first-order chi connectivity index (χ1) is 5.91. The third-order valence-corrected chi connectivity index (χ3v) is 1.91. The molecule has 0 aliphatic carbocycles. The zero-order valence-corrected chi connectivity index (χ0v) is 8.22. The number of hydrogen-bond acceptors (Lipinski definition) is 2. The molecule has 13 heavy (non-hydrogen) atoms. The minimum Gasteiger partial charge on any atom is -0.233 e. The molecule has 1 aromatic rings. The van der Waals surface area contributed by atoms with Gasteiger partial charge in [0.1, 0.15) is 0 Å². The van der Waals surface area contributed by atoms with Gasteiger partial charge in [0.05, 0.1) is 0 Å². The van der Waals surface area contributed by atoms with E-state index < -0.39 is 12.0 Å². The molecule has 1 rings (SSSR count). The maximum absolute atomic E-state index is 12.0. The van der Waals surface area contributed by atoms with Crippen LogP contribution in [-0.4, -0.2) is 9.97 Å². The van der Waals surface area contributed by atoms with Crippen LogP contribution in [0.25, 0.3) is 0 Å². The van der Waals surface area contributed by atoms with Gasteiger partial charge in [0.25, 0.3) is 0 Å². The molecule has 2 nitrogen and oxygen atoms in total. The Morgan fingerprint density at radius 3 is 2.08 bits per heavy atom. The lowest BCUT2D eigenvalue weighted by Gasteiger charge is -2.06. The second-order valence-corrected chi connectivity index (χ2v) is 3.83. The van der Waals surface area contributed by atoms with Gasteiger partial charge >= 0.3 is 6.18 Å². The van der Waals surface area contributed by atoms with Crippen LogP contribution in [0.15, 0.2) is 12.4 Å². The van der Waals surface area contributed by atoms with E-state index in [1.54, 1.807) is 6.92 Å². The third-order valence-electron chi connectivity index (χ3n) is 1.38. The number of halogens is 4. The standard InChI is InChI=1S/C7H6BrF3N2/c1-4(8)5-2-12-6(13-3-5)7(9,10)11/h2-4H,1H3. The molecule has 0 saturated carbocycles. The van der Waals surface area contributed by atoms with Crippen LogP contribution in [-0.2, 0) is 6.18 Å². The fourth-order valence-electron chi connectivity index (χ4n) is 0.690. The summed E-state index contributed by atoms with van der Waals surface area (Å²) in [4.78, 5) is 6.36. The molecule has 0 N–H and O–H groups in total. The molecule has 0 saturated heterocycles. The monoisotopic (exact) mass is 254 g/mol. The van der Waals surface area contributed by atoms with Gasteiger partial charge in [0.15, 0.2) is 0 Å². The van der Waals surface area contributed by atoms with Gasteiger partial charge in [-0.2, -0.15) is 13.2 Å². The summed E-state index contributed by atoms with van der Waals surface area (Å²) in [5.74, 6) is -1.11. The second kappa shape index (κ2) is 3.61. The lowest BCUT2D eigenvalue weighted by atomic mass is 10.3. The van der Waals surface area contributed by atoms with Gasteiger partial charge in [-0.25, -0.2) is 9.97 Å². The van der Waals surface area contributed by atoms with Crippen LogP contribution in [0.4, 0.5) is 13.2 Å². The van der Waals surface area contributed by atoms with Gasteiger partial charge in [0.2, 0.25) is 5.82 Å². The van der Waals surface area contributed by atoms with Crippen LogP contribution < -0.4 is 0 Å². The molecule has 6 heteroatoms. The number of aromatic nitrogens is 2. The van der Waals surface area contributed by atoms with Crippen molar-refractivity contribution in [3.05, 3.63) is 23.8 Å². The second-order valence-electron chi connectivity index (χ2n) is 2.45. The molecule has 0 bridgehead atoms. The topological polar surface area (TPSA) is 25.8 Å². The van der Waals surface area contributed by atoms with E-state index in [0.717, 1.165) is 12.4 Å². The first-order valence-corrected chi connectivity index (χ1v) is 4.36. The minimum absolute atomic E-state index is 0.0465. The summed E-state index contributed by atoms with van der Waals surface area (Å²) >= 11 is 3.20. The van der Waals surface area contributed by atoms with Gasteiger partial charge in [-0.3, -0.25) is 0 Å². The Balaban J connectivity index is 2.94. The molecule has 1 heterocycles. The van der Waals surface area contributed by atoms with E-state index in [9.17, 15) is 13.2 Å². The zero-order chi connectivity index (χ0) is 10.1. The maximum Gasteiger partial charge on any atom is 0.451 e. The molecule has 1 atom stereocenters. The zero-order valence-electron chi connectivity index (χ0n) is 6.64. The Labute approximate surface area is 81.3 Å². The van der Waals surface area contributed by atoms with E-state index in [1.807, 2.05) is 0 Å². The van der Waals surface area contributed by atoms with Gasteiger partial charge in [0, 0.05) is 22.8 Å². The van der Waals surface area contributed by atoms with Gasteiger partial charge in [-0.15, -0.1) is 0 Å². The third kappa shape index (κ3) is 2.65. The summed E-state index contributed by atoms with van der Waals surface area (Å²) in [6.45, 7) is 1.78. The summed E-state index contributed by atoms with van der Waals surface area (Å²) in [6, 6.07) is 0. The Hall–Kier alpha value is -0.650. The van der Waals surface area contributed by atoms with E-state index in [4.69, 9.17) is 0 Å². The molecule has 0 fully saturated rings. The van der Waals surface area contributed by atoms with Crippen molar-refractivity contribution < 1.29 is 13.2 Å². The maximum atomic E-state index is 12.0. The van der Waals surface area contributed by atoms with E-state index in [0.29, 0.717) is 5.56 Å². The van der Waals surface area contributed by atoms with E-state index in [-0.39, 0.29) is 4.83 Å². The van der Waals surface area contributed by atoms with Crippen molar-refractivity contribution in [1.29, 1.82) is 0 Å². The van der Waals surface area contributed by atoms with Crippen LogP contribution in [0.1, 0.15) is 23.1 Å². The SMILES string of the molecule is CC(Br)c1cnc(C(F)(F)F)nc1. The van der Waals surface area contributed by atoms with Gasteiger partial charge < -0.3 is 0 Å². The highest BCUT2D eigenvalue weighted by molar-refractivity contribution is 9.09. The van der Waals surface area contributed by atoms with E-state index in [2.05, 4.69) is 25.9 Å². The molecule has 0 amide bonds. The molecule has 0 aromatic carbocycles. The van der Waals surface area contributed by atoms with Crippen LogP contribution >= 0.6 is 15.9 Å². The molecule has 0 spiro atoms. The van der Waals surface area contributed by atoms with Crippen molar-refractivity contribution >= 4 is 15.9 Å². The Bertz CT molecular complexity index is 281. The van der Waals surface area contributed by atoms with Crippen molar-refractivity contribution in [3.8, 4) is 0 Å². The first kappa shape index (κ1) is 10.4. The molecule has 0 radical (unpaired) electrons. The van der Waals surface area contributed by atoms with Gasteiger partial charge in [-0.05, 0) is 6.92 Å². The van der Waals surface area contributed by atoms with Crippen LogP contribution in [0, 0.1) is 0 Å². The lowest BCUT2D eigenvalue weighted by Crippen LogP contribution is -2.10. The first-order valence-electron chi connectivity index (χ1n) is 3.44. The van der Waals surface area contributed by atoms with Crippen LogP contribution in [0.5, 0.6) is 0 Å². The number of rotatable bonds is 1. The highest BCUT2D eigenvalue weighted by atomic mass is 79.9. The molecule has 1 unspecified atom stereocenters. The Morgan fingerprint density at radius 1 is 1.31 bits per heavy atom. The average Bonchev–Trinajstić information content (AvgIpc) is 2.03. The summed E-state index contributed by atoms with van der Waals surface area (Å²) in [5.41, 5.74) is 0.619. The highest BCUT2D eigenvalue weighted by Gasteiger charge is 2.34.